The van der Waals surface area contributed by atoms with Crippen LogP contribution in [0.4, 0.5) is 15.8 Å². The Morgan fingerprint density at radius 1 is 0.968 bits per heavy atom. The summed E-state index contributed by atoms with van der Waals surface area (Å²) in [5.74, 6) is -2.67. The van der Waals surface area contributed by atoms with E-state index in [-0.39, 0.29) is 33.7 Å². The Bertz CT molecular complexity index is 1270. The quantitative estimate of drug-likeness (QED) is 0.390. The summed E-state index contributed by atoms with van der Waals surface area (Å²) in [6.07, 6.45) is 0. The fourth-order valence-corrected chi connectivity index (χ4v) is 3.33. The zero-order valence-electron chi connectivity index (χ0n) is 15.8. The molecule has 1 amide bonds. The second-order valence-electron chi connectivity index (χ2n) is 6.64. The van der Waals surface area contributed by atoms with Crippen molar-refractivity contribution < 1.29 is 28.4 Å². The lowest BCUT2D eigenvalue weighted by Crippen LogP contribution is -2.26. The molecule has 0 bridgehead atoms. The summed E-state index contributed by atoms with van der Waals surface area (Å²) in [6.45, 7) is -0.674. The number of nitro groups is 1. The molecule has 1 aliphatic carbocycles. The third-order valence-corrected chi connectivity index (χ3v) is 4.70. The molecular weight excluding hydrogens is 407 g/mol. The van der Waals surface area contributed by atoms with E-state index >= 15 is 0 Å². The van der Waals surface area contributed by atoms with E-state index in [2.05, 4.69) is 5.32 Å². The fourth-order valence-electron chi connectivity index (χ4n) is 3.33. The van der Waals surface area contributed by atoms with Gasteiger partial charge >= 0.3 is 5.69 Å². The number of halogens is 1. The largest absolute Gasteiger partial charge is 0.477 e. The summed E-state index contributed by atoms with van der Waals surface area (Å²) in [4.78, 5) is 48.3. The number of hydrogen-bond acceptors (Lipinski definition) is 6. The standard InChI is InChI=1S/C22H13FN2O6/c23-12-8-9-17(25(29)30)18(10-12)31-11-19(26)24-16-7-3-6-15-20(16)22(28)14-5-2-1-4-13(14)21(15)27/h1-10H,11H2,(H,24,26). The van der Waals surface area contributed by atoms with Crippen molar-refractivity contribution in [2.24, 2.45) is 0 Å². The topological polar surface area (TPSA) is 116 Å². The van der Waals surface area contributed by atoms with E-state index in [9.17, 15) is 28.9 Å². The zero-order valence-corrected chi connectivity index (χ0v) is 15.8. The average molecular weight is 420 g/mol. The maximum atomic E-state index is 13.4. The highest BCUT2D eigenvalue weighted by Crippen LogP contribution is 2.32. The normalized spacial score (nSPS) is 12.0. The van der Waals surface area contributed by atoms with Crippen molar-refractivity contribution in [1.29, 1.82) is 0 Å². The predicted octanol–water partition coefficient (Wildman–Crippen LogP) is 3.53. The van der Waals surface area contributed by atoms with Crippen LogP contribution in [0.15, 0.2) is 60.7 Å². The zero-order chi connectivity index (χ0) is 22.1. The van der Waals surface area contributed by atoms with E-state index < -0.39 is 40.5 Å². The van der Waals surface area contributed by atoms with Crippen molar-refractivity contribution in [3.8, 4) is 5.75 Å². The van der Waals surface area contributed by atoms with Gasteiger partial charge in [0, 0.05) is 28.8 Å². The van der Waals surface area contributed by atoms with E-state index in [1.165, 1.54) is 24.3 Å². The van der Waals surface area contributed by atoms with Crippen LogP contribution in [0.3, 0.4) is 0 Å². The Kier molecular flexibility index (Phi) is 5.00. The minimum absolute atomic E-state index is 0.0521. The number of ketones is 2. The highest BCUT2D eigenvalue weighted by Gasteiger charge is 2.31. The molecule has 4 rings (SSSR count). The van der Waals surface area contributed by atoms with Crippen LogP contribution in [-0.4, -0.2) is 29.0 Å². The molecule has 0 fully saturated rings. The number of amides is 1. The van der Waals surface area contributed by atoms with Crippen molar-refractivity contribution in [3.05, 3.63) is 98.8 Å². The number of hydrogen-bond donors (Lipinski definition) is 1. The number of rotatable bonds is 5. The van der Waals surface area contributed by atoms with Crippen LogP contribution in [0.2, 0.25) is 0 Å². The van der Waals surface area contributed by atoms with Crippen LogP contribution in [0.25, 0.3) is 0 Å². The van der Waals surface area contributed by atoms with E-state index in [1.54, 1.807) is 18.2 Å². The molecule has 9 heteroatoms. The SMILES string of the molecule is O=C(COc1cc(F)ccc1[N+](=O)[O-])Nc1cccc2c1C(=O)c1ccccc1C2=O. The fraction of sp³-hybridized carbons (Fsp3) is 0.0455. The van der Waals surface area contributed by atoms with Gasteiger partial charge in [-0.25, -0.2) is 4.39 Å². The lowest BCUT2D eigenvalue weighted by molar-refractivity contribution is -0.385. The minimum Gasteiger partial charge on any atom is -0.477 e. The van der Waals surface area contributed by atoms with Gasteiger partial charge in [0.05, 0.1) is 16.2 Å². The molecule has 3 aromatic rings. The highest BCUT2D eigenvalue weighted by molar-refractivity contribution is 6.30. The lowest BCUT2D eigenvalue weighted by Gasteiger charge is -2.20. The van der Waals surface area contributed by atoms with Crippen LogP contribution in [-0.2, 0) is 4.79 Å². The number of carbonyl (C=O) groups is 3. The first kappa shape index (κ1) is 19.9. The van der Waals surface area contributed by atoms with Crippen molar-refractivity contribution in [3.63, 3.8) is 0 Å². The summed E-state index contributed by atoms with van der Waals surface area (Å²) in [5.41, 5.74) is 0.328. The average Bonchev–Trinajstić information content (AvgIpc) is 2.76. The van der Waals surface area contributed by atoms with Gasteiger partial charge in [-0.15, -0.1) is 0 Å². The number of benzene rings is 3. The molecule has 0 radical (unpaired) electrons. The van der Waals surface area contributed by atoms with Crippen LogP contribution in [0.5, 0.6) is 5.75 Å². The second kappa shape index (κ2) is 7.79. The van der Waals surface area contributed by atoms with Crippen LogP contribution in [0.1, 0.15) is 31.8 Å². The van der Waals surface area contributed by atoms with Gasteiger partial charge in [0.1, 0.15) is 5.82 Å². The maximum absolute atomic E-state index is 13.4. The van der Waals surface area contributed by atoms with Gasteiger partial charge in [0.2, 0.25) is 5.75 Å². The molecule has 0 aromatic heterocycles. The van der Waals surface area contributed by atoms with Gasteiger partial charge in [0.15, 0.2) is 18.2 Å². The Labute approximate surface area is 174 Å². The summed E-state index contributed by atoms with van der Waals surface area (Å²) in [7, 11) is 0. The predicted molar refractivity (Wildman–Crippen MR) is 107 cm³/mol. The first-order valence-electron chi connectivity index (χ1n) is 9.05. The van der Waals surface area contributed by atoms with Gasteiger partial charge in [-0.3, -0.25) is 24.5 Å². The Hall–Kier alpha value is -4.40. The third-order valence-electron chi connectivity index (χ3n) is 4.70. The van der Waals surface area contributed by atoms with Gasteiger partial charge in [-0.1, -0.05) is 36.4 Å². The Morgan fingerprint density at radius 3 is 2.35 bits per heavy atom. The van der Waals surface area contributed by atoms with Crippen LogP contribution < -0.4 is 10.1 Å². The number of fused-ring (bicyclic) bond motifs is 2. The van der Waals surface area contributed by atoms with E-state index in [0.717, 1.165) is 18.2 Å². The number of carbonyl (C=O) groups excluding carboxylic acids is 3. The summed E-state index contributed by atoms with van der Waals surface area (Å²) < 4.78 is 18.5. The molecular formula is C22H13FN2O6. The third kappa shape index (κ3) is 3.64. The van der Waals surface area contributed by atoms with Crippen LogP contribution >= 0.6 is 0 Å². The number of nitrogens with zero attached hydrogens (tertiary/aromatic N) is 1. The van der Waals surface area contributed by atoms with Gasteiger partial charge in [0.25, 0.3) is 5.91 Å². The lowest BCUT2D eigenvalue weighted by atomic mass is 9.83. The molecule has 1 N–H and O–H groups in total. The first-order chi connectivity index (χ1) is 14.9. The van der Waals surface area contributed by atoms with Crippen molar-refractivity contribution in [1.82, 2.24) is 0 Å². The molecule has 0 unspecified atom stereocenters. The van der Waals surface area contributed by atoms with E-state index in [0.29, 0.717) is 0 Å². The number of nitrogens with one attached hydrogen (secondary N) is 1. The number of nitro benzene ring substituents is 1. The first-order valence-corrected chi connectivity index (χ1v) is 9.05. The van der Waals surface area contributed by atoms with Gasteiger partial charge in [-0.2, -0.15) is 0 Å². The second-order valence-corrected chi connectivity index (χ2v) is 6.64. The molecule has 0 aliphatic heterocycles. The summed E-state index contributed by atoms with van der Waals surface area (Å²) in [5, 5.41) is 13.5. The maximum Gasteiger partial charge on any atom is 0.311 e. The van der Waals surface area contributed by atoms with Gasteiger partial charge in [-0.05, 0) is 12.1 Å². The van der Waals surface area contributed by atoms with Crippen molar-refractivity contribution in [2.75, 3.05) is 11.9 Å². The molecule has 0 atom stereocenters. The molecule has 8 nitrogen and oxygen atoms in total. The molecule has 1 aliphatic rings. The van der Waals surface area contributed by atoms with E-state index in [4.69, 9.17) is 4.74 Å². The minimum atomic E-state index is -0.763. The molecule has 31 heavy (non-hydrogen) atoms. The smallest absolute Gasteiger partial charge is 0.311 e. The van der Waals surface area contributed by atoms with Crippen molar-refractivity contribution in [2.45, 2.75) is 0 Å². The number of ether oxygens (including phenoxy) is 1. The van der Waals surface area contributed by atoms with Gasteiger partial charge < -0.3 is 10.1 Å². The molecule has 0 saturated heterocycles. The molecule has 3 aromatic carbocycles. The monoisotopic (exact) mass is 420 g/mol. The van der Waals surface area contributed by atoms with E-state index in [1.807, 2.05) is 0 Å². The Morgan fingerprint density at radius 2 is 1.65 bits per heavy atom. The molecule has 154 valence electrons. The summed E-state index contributed by atoms with van der Waals surface area (Å²) >= 11 is 0. The summed E-state index contributed by atoms with van der Waals surface area (Å²) in [6, 6.07) is 13.5. The van der Waals surface area contributed by atoms with Crippen molar-refractivity contribution >= 4 is 28.8 Å². The Balaban J connectivity index is 1.57. The molecule has 0 spiro atoms. The van der Waals surface area contributed by atoms with Crippen LogP contribution in [0, 0.1) is 15.9 Å². The molecule has 0 saturated carbocycles. The molecule has 0 heterocycles. The number of anilines is 1. The highest BCUT2D eigenvalue weighted by atomic mass is 19.1.